The van der Waals surface area contributed by atoms with Crippen molar-refractivity contribution in [2.45, 2.75) is 50.6 Å². The number of carbonyl (C=O) groups excluding carboxylic acids is 1. The Morgan fingerprint density at radius 2 is 1.84 bits per heavy atom. The van der Waals surface area contributed by atoms with Crippen LogP contribution in [0.3, 0.4) is 0 Å². The molecule has 11 heteroatoms. The molecule has 3 aromatic carbocycles. The van der Waals surface area contributed by atoms with Crippen molar-refractivity contribution < 1.29 is 28.2 Å². The molecule has 1 fully saturated rings. The minimum atomic E-state index is -1.78. The number of benzene rings is 3. The third-order valence-corrected chi connectivity index (χ3v) is 8.45. The summed E-state index contributed by atoms with van der Waals surface area (Å²) in [5, 5.41) is 23.1. The Labute approximate surface area is 259 Å². The van der Waals surface area contributed by atoms with Gasteiger partial charge in [0.2, 0.25) is 5.91 Å². The maximum Gasteiger partial charge on any atom is 0.335 e. The Morgan fingerprint density at radius 1 is 1.14 bits per heavy atom. The van der Waals surface area contributed by atoms with E-state index in [2.05, 4.69) is 11.4 Å². The highest BCUT2D eigenvalue weighted by molar-refractivity contribution is 6.31. The molecule has 0 radical (unpaired) electrons. The molecule has 1 aliphatic rings. The lowest BCUT2D eigenvalue weighted by atomic mass is 9.62. The van der Waals surface area contributed by atoms with Gasteiger partial charge in [0.15, 0.2) is 0 Å². The fraction of sp³-hybridized carbons (Fsp3) is 0.344. The smallest absolute Gasteiger partial charge is 0.335 e. The number of rotatable bonds is 7. The molecule has 0 spiro atoms. The van der Waals surface area contributed by atoms with Crippen LogP contribution >= 0.6 is 23.2 Å². The number of amides is 1. The molecule has 1 heterocycles. The van der Waals surface area contributed by atoms with Crippen LogP contribution < -0.4 is 10.1 Å². The second-order valence-corrected chi connectivity index (χ2v) is 12.7. The number of nitriles is 1. The van der Waals surface area contributed by atoms with Gasteiger partial charge >= 0.3 is 5.97 Å². The van der Waals surface area contributed by atoms with E-state index in [1.807, 2.05) is 20.8 Å². The fourth-order valence-electron chi connectivity index (χ4n) is 6.11. The number of likely N-dealkylation sites (tertiary alicyclic amines) is 1. The normalized spacial score (nSPS) is 22.2. The van der Waals surface area contributed by atoms with Gasteiger partial charge in [0, 0.05) is 22.5 Å². The Kier molecular flexibility index (Phi) is 9.08. The van der Waals surface area contributed by atoms with Gasteiger partial charge in [-0.05, 0) is 60.8 Å². The third-order valence-electron chi connectivity index (χ3n) is 7.92. The Balaban J connectivity index is 2.00. The molecule has 0 unspecified atom stereocenters. The summed E-state index contributed by atoms with van der Waals surface area (Å²) in [7, 11) is 2.97. The van der Waals surface area contributed by atoms with Crippen LogP contribution in [0.4, 0.5) is 14.5 Å². The standard InChI is InChI=1S/C32H31Cl2F2N3O4/c1-31(2,3)15-25-32(16-37,20-11-10-18(33)14-22(20)35)26(19-7-6-8-21(34)27(19)36)28(39(25)4)29(40)38-23-12-9-17(30(41)42)13-24(23)43-5/h6-14,25-26,28H,15H2,1-5H3,(H,38,40)(H,41,42)/t25-,26-,28+,32-/m0/s1. The molecule has 0 saturated carbocycles. The predicted molar refractivity (Wildman–Crippen MR) is 161 cm³/mol. The number of aromatic carboxylic acids is 1. The van der Waals surface area contributed by atoms with Gasteiger partial charge in [0.05, 0.1) is 35.5 Å². The summed E-state index contributed by atoms with van der Waals surface area (Å²) < 4.78 is 37.1. The number of carbonyl (C=O) groups is 2. The number of likely N-dealkylation sites (N-methyl/N-ethyl adjacent to an activating group) is 1. The number of nitrogens with one attached hydrogen (secondary N) is 1. The zero-order chi connectivity index (χ0) is 31.9. The van der Waals surface area contributed by atoms with E-state index in [4.69, 9.17) is 27.9 Å². The van der Waals surface area contributed by atoms with Gasteiger partial charge in [-0.1, -0.05) is 62.2 Å². The molecule has 0 aliphatic carbocycles. The van der Waals surface area contributed by atoms with Crippen molar-refractivity contribution in [2.24, 2.45) is 5.41 Å². The molecular weight excluding hydrogens is 599 g/mol. The van der Waals surface area contributed by atoms with E-state index >= 15 is 8.78 Å². The molecule has 226 valence electrons. The van der Waals surface area contributed by atoms with Crippen LogP contribution in [-0.2, 0) is 10.2 Å². The Hall–Kier alpha value is -3.71. The highest BCUT2D eigenvalue weighted by Gasteiger charge is 2.63. The topological polar surface area (TPSA) is 103 Å². The maximum absolute atomic E-state index is 15.9. The first-order valence-corrected chi connectivity index (χ1v) is 14.2. The van der Waals surface area contributed by atoms with Crippen molar-refractivity contribution in [1.29, 1.82) is 5.26 Å². The van der Waals surface area contributed by atoms with Crippen molar-refractivity contribution in [3.8, 4) is 11.8 Å². The highest BCUT2D eigenvalue weighted by Crippen LogP contribution is 2.56. The third kappa shape index (κ3) is 5.92. The molecule has 3 aromatic rings. The summed E-state index contributed by atoms with van der Waals surface area (Å²) in [6.45, 7) is 5.87. The minimum absolute atomic E-state index is 0.0245. The number of anilines is 1. The number of hydrogen-bond donors (Lipinski definition) is 2. The Bertz CT molecular complexity index is 1620. The van der Waals surface area contributed by atoms with E-state index in [1.165, 1.54) is 55.6 Å². The van der Waals surface area contributed by atoms with Crippen LogP contribution in [0.25, 0.3) is 0 Å². The maximum atomic E-state index is 15.9. The zero-order valence-corrected chi connectivity index (χ0v) is 25.7. The lowest BCUT2D eigenvalue weighted by Crippen LogP contribution is -2.45. The number of nitrogens with zero attached hydrogens (tertiary/aromatic N) is 2. The number of carboxylic acid groups (broad SMARTS) is 1. The van der Waals surface area contributed by atoms with Crippen LogP contribution in [0.2, 0.25) is 10.0 Å². The lowest BCUT2D eigenvalue weighted by Gasteiger charge is -2.38. The molecule has 0 bridgehead atoms. The van der Waals surface area contributed by atoms with Gasteiger partial charge in [-0.25, -0.2) is 13.6 Å². The second kappa shape index (κ2) is 12.1. The fourth-order valence-corrected chi connectivity index (χ4v) is 6.45. The molecule has 1 amide bonds. The largest absolute Gasteiger partial charge is 0.495 e. The van der Waals surface area contributed by atoms with Gasteiger partial charge in [-0.2, -0.15) is 5.26 Å². The molecule has 2 N–H and O–H groups in total. The van der Waals surface area contributed by atoms with Crippen molar-refractivity contribution >= 4 is 40.8 Å². The zero-order valence-electron chi connectivity index (χ0n) is 24.2. The highest BCUT2D eigenvalue weighted by atomic mass is 35.5. The van der Waals surface area contributed by atoms with Gasteiger partial charge in [0.25, 0.3) is 0 Å². The minimum Gasteiger partial charge on any atom is -0.495 e. The number of methoxy groups -OCH3 is 1. The summed E-state index contributed by atoms with van der Waals surface area (Å²) in [4.78, 5) is 27.4. The quantitative estimate of drug-likeness (QED) is 0.285. The van der Waals surface area contributed by atoms with Crippen LogP contribution in [0, 0.1) is 28.4 Å². The Morgan fingerprint density at radius 3 is 2.42 bits per heavy atom. The summed E-state index contributed by atoms with van der Waals surface area (Å²) in [6, 6.07) is 12.6. The van der Waals surface area contributed by atoms with Crippen molar-refractivity contribution in [2.75, 3.05) is 19.5 Å². The average Bonchev–Trinajstić information content (AvgIpc) is 3.17. The summed E-state index contributed by atoms with van der Waals surface area (Å²) in [5.41, 5.74) is -2.12. The summed E-state index contributed by atoms with van der Waals surface area (Å²) in [5.74, 6) is -4.57. The van der Waals surface area contributed by atoms with E-state index in [-0.39, 0.29) is 38.2 Å². The molecule has 4 rings (SSSR count). The van der Waals surface area contributed by atoms with Crippen LogP contribution in [0.5, 0.6) is 5.75 Å². The average molecular weight is 631 g/mol. The van der Waals surface area contributed by atoms with Crippen molar-refractivity contribution in [1.82, 2.24) is 4.90 Å². The number of carboxylic acids is 1. The van der Waals surface area contributed by atoms with E-state index in [9.17, 15) is 20.0 Å². The molecule has 7 nitrogen and oxygen atoms in total. The van der Waals surface area contributed by atoms with Crippen LogP contribution in [-0.4, -0.2) is 48.1 Å². The predicted octanol–water partition coefficient (Wildman–Crippen LogP) is 7.28. The van der Waals surface area contributed by atoms with E-state index in [0.29, 0.717) is 6.42 Å². The first-order chi connectivity index (χ1) is 20.2. The number of hydrogen-bond acceptors (Lipinski definition) is 5. The van der Waals surface area contributed by atoms with Gasteiger partial charge in [0.1, 0.15) is 22.8 Å². The van der Waals surface area contributed by atoms with E-state index < -0.39 is 52.3 Å². The van der Waals surface area contributed by atoms with E-state index in [1.54, 1.807) is 11.9 Å². The number of ether oxygens (including phenoxy) is 1. The van der Waals surface area contributed by atoms with Gasteiger partial charge in [-0.3, -0.25) is 9.69 Å². The molecular formula is C32H31Cl2F2N3O4. The van der Waals surface area contributed by atoms with Crippen LogP contribution in [0.1, 0.15) is 54.6 Å². The SMILES string of the molecule is COc1cc(C(=O)O)ccc1NC(=O)[C@H]1[C@H](c2cccc(Cl)c2F)[C@@](C#N)(c2ccc(Cl)cc2F)[C@H](CC(C)(C)C)N1C. The van der Waals surface area contributed by atoms with Gasteiger partial charge in [-0.15, -0.1) is 0 Å². The summed E-state index contributed by atoms with van der Waals surface area (Å²) >= 11 is 12.3. The first-order valence-electron chi connectivity index (χ1n) is 13.4. The summed E-state index contributed by atoms with van der Waals surface area (Å²) in [6.07, 6.45) is 0.332. The number of halogens is 4. The van der Waals surface area contributed by atoms with Crippen LogP contribution in [0.15, 0.2) is 54.6 Å². The van der Waals surface area contributed by atoms with Crippen molar-refractivity contribution in [3.63, 3.8) is 0 Å². The molecule has 0 aromatic heterocycles. The van der Waals surface area contributed by atoms with Gasteiger partial charge < -0.3 is 15.2 Å². The first kappa shape index (κ1) is 32.2. The molecule has 4 atom stereocenters. The van der Waals surface area contributed by atoms with E-state index in [0.717, 1.165) is 6.07 Å². The van der Waals surface area contributed by atoms with Crippen molar-refractivity contribution in [3.05, 3.63) is 93.0 Å². The molecule has 1 aliphatic heterocycles. The molecule has 43 heavy (non-hydrogen) atoms. The monoisotopic (exact) mass is 629 g/mol. The lowest BCUT2D eigenvalue weighted by molar-refractivity contribution is -0.120. The second-order valence-electron chi connectivity index (χ2n) is 11.8. The molecule has 1 saturated heterocycles.